The van der Waals surface area contributed by atoms with Crippen molar-refractivity contribution in [2.75, 3.05) is 14.1 Å². The number of alkyl halides is 3. The minimum absolute atomic E-state index is 0.418. The Morgan fingerprint density at radius 3 is 2.41 bits per heavy atom. The van der Waals surface area contributed by atoms with Gasteiger partial charge in [-0.3, -0.25) is 4.99 Å². The monoisotopic (exact) mass is 262 g/mol. The van der Waals surface area contributed by atoms with Crippen LogP contribution in [0.2, 0.25) is 0 Å². The van der Waals surface area contributed by atoms with E-state index in [-0.39, 0.29) is 0 Å². The van der Waals surface area contributed by atoms with Crippen molar-refractivity contribution < 1.29 is 13.2 Å². The van der Waals surface area contributed by atoms with Crippen LogP contribution in [-0.4, -0.2) is 26.0 Å². The van der Waals surface area contributed by atoms with E-state index in [9.17, 15) is 13.2 Å². The van der Waals surface area contributed by atoms with Crippen molar-refractivity contribution in [2.45, 2.75) is 13.1 Å². The molecule has 0 spiro atoms. The predicted octanol–water partition coefficient (Wildman–Crippen LogP) is 3.25. The number of nitrogens with one attached hydrogen (secondary N) is 1. The number of aryl methyl sites for hydroxylation is 1. The molecule has 1 aromatic heterocycles. The zero-order valence-corrected chi connectivity index (χ0v) is 10.5. The highest BCUT2D eigenvalue weighted by Gasteiger charge is 2.33. The molecule has 1 aromatic rings. The first-order valence-electron chi connectivity index (χ1n) is 4.88. The second-order valence-electron chi connectivity index (χ2n) is 3.32. The molecular weight excluding hydrogens is 249 g/mol. The van der Waals surface area contributed by atoms with Gasteiger partial charge in [0.1, 0.15) is 5.71 Å². The minimum atomic E-state index is -4.43. The Hall–Kier alpha value is -1.30. The van der Waals surface area contributed by atoms with Crippen LogP contribution in [0.5, 0.6) is 0 Å². The second kappa shape index (κ2) is 5.35. The van der Waals surface area contributed by atoms with Crippen LogP contribution in [0.25, 0.3) is 5.70 Å². The van der Waals surface area contributed by atoms with E-state index >= 15 is 0 Å². The third kappa shape index (κ3) is 3.59. The van der Waals surface area contributed by atoms with E-state index in [4.69, 9.17) is 0 Å². The van der Waals surface area contributed by atoms with E-state index in [0.29, 0.717) is 5.70 Å². The van der Waals surface area contributed by atoms with Gasteiger partial charge in [0.15, 0.2) is 0 Å². The van der Waals surface area contributed by atoms with Crippen LogP contribution < -0.4 is 5.32 Å². The summed E-state index contributed by atoms with van der Waals surface area (Å²) < 4.78 is 37.6. The van der Waals surface area contributed by atoms with Crippen LogP contribution in [0.1, 0.15) is 9.75 Å². The molecule has 94 valence electrons. The first kappa shape index (κ1) is 13.8. The molecule has 0 fully saturated rings. The highest BCUT2D eigenvalue weighted by Crippen LogP contribution is 2.24. The summed E-state index contributed by atoms with van der Waals surface area (Å²) in [5.74, 6) is 0. The van der Waals surface area contributed by atoms with Gasteiger partial charge in [0.2, 0.25) is 0 Å². The van der Waals surface area contributed by atoms with Gasteiger partial charge in [-0.15, -0.1) is 11.3 Å². The standard InChI is InChI=1S/C11H13F3N2S/c1-7-4-5-9(17-7)8(15-2)6-10(16-3)11(12,13)14/h4-6,15H,1-3H3/b8-6-,16-10+. The van der Waals surface area contributed by atoms with E-state index < -0.39 is 11.9 Å². The molecule has 6 heteroatoms. The van der Waals surface area contributed by atoms with Crippen molar-refractivity contribution in [1.82, 2.24) is 5.32 Å². The van der Waals surface area contributed by atoms with Gasteiger partial charge < -0.3 is 5.32 Å². The molecule has 0 atom stereocenters. The smallest absolute Gasteiger partial charge is 0.387 e. The SMILES string of the molecule is C/N=C(\C=C(/NC)c1ccc(C)s1)C(F)(F)F. The maximum absolute atomic E-state index is 12.5. The highest BCUT2D eigenvalue weighted by atomic mass is 32.1. The summed E-state index contributed by atoms with van der Waals surface area (Å²) in [6.45, 7) is 1.90. The van der Waals surface area contributed by atoms with E-state index in [0.717, 1.165) is 22.9 Å². The lowest BCUT2D eigenvalue weighted by molar-refractivity contribution is -0.0577. The van der Waals surface area contributed by atoms with Gasteiger partial charge in [-0.25, -0.2) is 0 Å². The summed E-state index contributed by atoms with van der Waals surface area (Å²) in [6, 6.07) is 3.65. The fourth-order valence-corrected chi connectivity index (χ4v) is 2.15. The van der Waals surface area contributed by atoms with E-state index in [1.807, 2.05) is 13.0 Å². The number of nitrogens with zero attached hydrogens (tertiary/aromatic N) is 1. The van der Waals surface area contributed by atoms with Crippen LogP contribution in [0.3, 0.4) is 0 Å². The largest absolute Gasteiger partial charge is 0.432 e. The van der Waals surface area contributed by atoms with Crippen LogP contribution in [0.4, 0.5) is 13.2 Å². The molecule has 0 aliphatic heterocycles. The summed E-state index contributed by atoms with van der Waals surface area (Å²) in [5.41, 5.74) is -0.478. The molecule has 0 saturated heterocycles. The molecule has 1 rings (SSSR count). The molecule has 0 unspecified atom stereocenters. The molecule has 17 heavy (non-hydrogen) atoms. The Morgan fingerprint density at radius 1 is 1.41 bits per heavy atom. The molecule has 0 radical (unpaired) electrons. The fraction of sp³-hybridized carbons (Fsp3) is 0.364. The Morgan fingerprint density at radius 2 is 2.06 bits per heavy atom. The van der Waals surface area contributed by atoms with Crippen molar-refractivity contribution in [2.24, 2.45) is 4.99 Å². The number of rotatable bonds is 3. The highest BCUT2D eigenvalue weighted by molar-refractivity contribution is 7.13. The van der Waals surface area contributed by atoms with Crippen LogP contribution in [0.15, 0.2) is 23.2 Å². The number of allylic oxidation sites excluding steroid dienone is 1. The average molecular weight is 262 g/mol. The Kier molecular flexibility index (Phi) is 4.34. The lowest BCUT2D eigenvalue weighted by Crippen LogP contribution is -2.22. The number of aliphatic imine (C=N–C) groups is 1. The molecule has 0 saturated carbocycles. The minimum Gasteiger partial charge on any atom is -0.387 e. The molecular formula is C11H13F3N2S. The average Bonchev–Trinajstić information content (AvgIpc) is 2.64. The molecule has 1 heterocycles. The summed E-state index contributed by atoms with van der Waals surface area (Å²) in [4.78, 5) is 5.06. The normalized spacial score (nSPS) is 14.0. The zero-order chi connectivity index (χ0) is 13.1. The number of thiophene rings is 1. The summed E-state index contributed by atoms with van der Waals surface area (Å²) >= 11 is 1.43. The lowest BCUT2D eigenvalue weighted by Gasteiger charge is -2.09. The molecule has 0 bridgehead atoms. The third-order valence-corrected chi connectivity index (χ3v) is 3.12. The maximum Gasteiger partial charge on any atom is 0.432 e. The number of hydrogen-bond acceptors (Lipinski definition) is 3. The summed E-state index contributed by atoms with van der Waals surface area (Å²) in [5, 5.41) is 2.76. The van der Waals surface area contributed by atoms with Crippen molar-refractivity contribution >= 4 is 22.7 Å². The van der Waals surface area contributed by atoms with Gasteiger partial charge in [-0.2, -0.15) is 13.2 Å². The topological polar surface area (TPSA) is 24.4 Å². The van der Waals surface area contributed by atoms with Crippen LogP contribution >= 0.6 is 11.3 Å². The Labute approximate surface area is 102 Å². The third-order valence-electron chi connectivity index (χ3n) is 2.09. The van der Waals surface area contributed by atoms with Crippen molar-refractivity contribution in [3.05, 3.63) is 28.0 Å². The first-order chi connectivity index (χ1) is 7.88. The molecule has 0 aliphatic rings. The lowest BCUT2D eigenvalue weighted by atomic mass is 10.2. The van der Waals surface area contributed by atoms with Crippen molar-refractivity contribution in [1.29, 1.82) is 0 Å². The Balaban J connectivity index is 3.10. The second-order valence-corrected chi connectivity index (χ2v) is 4.61. The van der Waals surface area contributed by atoms with E-state index in [1.54, 1.807) is 13.1 Å². The van der Waals surface area contributed by atoms with Gasteiger partial charge in [0.25, 0.3) is 0 Å². The summed E-state index contributed by atoms with van der Waals surface area (Å²) in [7, 11) is 2.72. The van der Waals surface area contributed by atoms with Crippen molar-refractivity contribution in [3.63, 3.8) is 0 Å². The predicted molar refractivity (Wildman–Crippen MR) is 65.5 cm³/mol. The molecule has 0 aromatic carbocycles. The van der Waals surface area contributed by atoms with Gasteiger partial charge >= 0.3 is 6.18 Å². The van der Waals surface area contributed by atoms with Gasteiger partial charge in [0, 0.05) is 19.0 Å². The summed E-state index contributed by atoms with van der Waals surface area (Å²) in [6.07, 6.45) is -3.41. The fourth-order valence-electron chi connectivity index (χ4n) is 1.26. The number of halogens is 3. The van der Waals surface area contributed by atoms with Gasteiger partial charge in [0.05, 0.1) is 10.6 Å². The first-order valence-corrected chi connectivity index (χ1v) is 5.70. The van der Waals surface area contributed by atoms with Gasteiger partial charge in [-0.1, -0.05) is 0 Å². The quantitative estimate of drug-likeness (QED) is 0.831. The molecule has 1 N–H and O–H groups in total. The molecule has 0 aliphatic carbocycles. The number of hydrogen-bond donors (Lipinski definition) is 1. The van der Waals surface area contributed by atoms with Crippen LogP contribution in [0, 0.1) is 6.92 Å². The van der Waals surface area contributed by atoms with Gasteiger partial charge in [-0.05, 0) is 25.1 Å². The maximum atomic E-state index is 12.5. The Bertz CT molecular complexity index is 444. The van der Waals surface area contributed by atoms with E-state index in [2.05, 4.69) is 10.3 Å². The zero-order valence-electron chi connectivity index (χ0n) is 9.72. The van der Waals surface area contributed by atoms with E-state index in [1.165, 1.54) is 11.3 Å². The molecule has 0 amide bonds. The van der Waals surface area contributed by atoms with Crippen molar-refractivity contribution in [3.8, 4) is 0 Å². The van der Waals surface area contributed by atoms with Crippen LogP contribution in [-0.2, 0) is 0 Å². The molecule has 2 nitrogen and oxygen atoms in total.